The summed E-state index contributed by atoms with van der Waals surface area (Å²) in [5.41, 5.74) is 15.2. The molecule has 0 aliphatic heterocycles. The second-order valence-electron chi connectivity index (χ2n) is 7.13. The summed E-state index contributed by atoms with van der Waals surface area (Å²) in [5.74, 6) is -0.320. The Morgan fingerprint density at radius 2 is 1.94 bits per heavy atom. The van der Waals surface area contributed by atoms with Crippen molar-refractivity contribution in [3.8, 4) is 10.6 Å². The number of anilines is 2. The lowest BCUT2D eigenvalue weighted by atomic mass is 10.2. The summed E-state index contributed by atoms with van der Waals surface area (Å²) in [6, 6.07) is 13.5. The smallest absolute Gasteiger partial charge is 0.272 e. The van der Waals surface area contributed by atoms with Gasteiger partial charge >= 0.3 is 0 Å². The van der Waals surface area contributed by atoms with Crippen molar-refractivity contribution in [2.75, 3.05) is 5.32 Å². The largest absolute Gasteiger partial charge is 0.405 e. The number of carbonyl (C=O) groups excluding carboxylic acids is 1. The van der Waals surface area contributed by atoms with Gasteiger partial charge in [0.1, 0.15) is 10.7 Å². The van der Waals surface area contributed by atoms with Crippen molar-refractivity contribution in [2.45, 2.75) is 0 Å². The van der Waals surface area contributed by atoms with Crippen molar-refractivity contribution >= 4 is 49.9 Å². The predicted molar refractivity (Wildman–Crippen MR) is 130 cm³/mol. The third kappa shape index (κ3) is 4.12. The van der Waals surface area contributed by atoms with Crippen LogP contribution < -0.4 is 22.1 Å². The van der Waals surface area contributed by atoms with Gasteiger partial charge in [-0.1, -0.05) is 23.5 Å². The maximum absolute atomic E-state index is 12.5. The van der Waals surface area contributed by atoms with Gasteiger partial charge in [-0.2, -0.15) is 5.10 Å². The molecule has 0 saturated carbocycles. The SMILES string of the molecule is N/C=C\C(=C/N)NC(=O)c1cc2ccc(-c3nnc(Nc4ccc5[nH]ncc5c4)s3)cc2[nH]1. The Kier molecular flexibility index (Phi) is 5.21. The third-order valence-corrected chi connectivity index (χ3v) is 5.83. The second-order valence-corrected chi connectivity index (χ2v) is 8.11. The summed E-state index contributed by atoms with van der Waals surface area (Å²) < 4.78 is 0. The lowest BCUT2D eigenvalue weighted by Gasteiger charge is -2.02. The first-order chi connectivity index (χ1) is 16.1. The van der Waals surface area contributed by atoms with E-state index in [1.165, 1.54) is 29.8 Å². The van der Waals surface area contributed by atoms with Gasteiger partial charge < -0.3 is 27.1 Å². The number of benzene rings is 2. The molecule has 164 valence electrons. The highest BCUT2D eigenvalue weighted by atomic mass is 32.1. The standard InChI is InChI=1S/C22H19N9OS/c23-6-5-16(10-24)26-20(32)19-8-12-1-2-13(9-18(12)28-19)21-30-31-22(33-21)27-15-3-4-17-14(7-15)11-25-29-17/h1-11,28H,23-24H2,(H,25,29)(H,26,32)(H,27,31)/b6-5-,16-10+. The van der Waals surface area contributed by atoms with Gasteiger partial charge in [-0.3, -0.25) is 9.89 Å². The number of allylic oxidation sites excluding steroid dienone is 1. The van der Waals surface area contributed by atoms with Crippen molar-refractivity contribution in [3.05, 3.63) is 78.5 Å². The molecule has 3 aromatic heterocycles. The summed E-state index contributed by atoms with van der Waals surface area (Å²) in [6.45, 7) is 0. The van der Waals surface area contributed by atoms with Crippen LogP contribution in [0.2, 0.25) is 0 Å². The monoisotopic (exact) mass is 457 g/mol. The van der Waals surface area contributed by atoms with E-state index in [9.17, 15) is 4.79 Å². The van der Waals surface area contributed by atoms with Crippen LogP contribution in [0, 0.1) is 0 Å². The van der Waals surface area contributed by atoms with Crippen LogP contribution >= 0.6 is 11.3 Å². The Hall–Kier alpha value is -4.64. The first kappa shape index (κ1) is 20.3. The molecule has 8 N–H and O–H groups in total. The molecule has 0 saturated heterocycles. The highest BCUT2D eigenvalue weighted by Crippen LogP contribution is 2.31. The summed E-state index contributed by atoms with van der Waals surface area (Å²) in [6.07, 6.45) is 5.86. The molecule has 33 heavy (non-hydrogen) atoms. The van der Waals surface area contributed by atoms with Crippen LogP contribution in [0.1, 0.15) is 10.5 Å². The minimum atomic E-state index is -0.320. The molecule has 2 aromatic carbocycles. The summed E-state index contributed by atoms with van der Waals surface area (Å²) >= 11 is 1.44. The molecule has 10 nitrogen and oxygen atoms in total. The zero-order valence-corrected chi connectivity index (χ0v) is 18.0. The Morgan fingerprint density at radius 1 is 1.03 bits per heavy atom. The molecule has 0 radical (unpaired) electrons. The number of nitrogens with zero attached hydrogens (tertiary/aromatic N) is 3. The van der Waals surface area contributed by atoms with Crippen molar-refractivity contribution in [1.82, 2.24) is 30.7 Å². The molecule has 1 amide bonds. The van der Waals surface area contributed by atoms with Gasteiger partial charge in [0, 0.05) is 33.7 Å². The van der Waals surface area contributed by atoms with Crippen LogP contribution in [0.25, 0.3) is 32.4 Å². The number of carbonyl (C=O) groups is 1. The predicted octanol–water partition coefficient (Wildman–Crippen LogP) is 3.31. The number of hydrogen-bond acceptors (Lipinski definition) is 8. The van der Waals surface area contributed by atoms with E-state index in [4.69, 9.17) is 11.5 Å². The molecule has 0 spiro atoms. The minimum absolute atomic E-state index is 0.320. The van der Waals surface area contributed by atoms with Gasteiger partial charge in [0.25, 0.3) is 5.91 Å². The molecule has 0 aliphatic rings. The second kappa shape index (κ2) is 8.48. The van der Waals surface area contributed by atoms with Gasteiger partial charge in [0.15, 0.2) is 0 Å². The topological polar surface area (TPSA) is 163 Å². The van der Waals surface area contributed by atoms with E-state index in [0.717, 1.165) is 38.1 Å². The Morgan fingerprint density at radius 3 is 2.79 bits per heavy atom. The lowest BCUT2D eigenvalue weighted by molar-refractivity contribution is 0.0963. The number of hydrogen-bond donors (Lipinski definition) is 6. The number of aromatic amines is 2. The molecule has 0 atom stereocenters. The van der Waals surface area contributed by atoms with Crippen LogP contribution in [0.5, 0.6) is 0 Å². The molecular formula is C22H19N9OS. The molecule has 5 aromatic rings. The van der Waals surface area contributed by atoms with Crippen LogP contribution in [0.3, 0.4) is 0 Å². The van der Waals surface area contributed by atoms with Crippen LogP contribution in [0.15, 0.2) is 72.8 Å². The average Bonchev–Trinajstić information content (AvgIpc) is 3.57. The van der Waals surface area contributed by atoms with Gasteiger partial charge in [-0.05, 0) is 42.6 Å². The fourth-order valence-corrected chi connectivity index (χ4v) is 4.12. The zero-order chi connectivity index (χ0) is 22.8. The van der Waals surface area contributed by atoms with Crippen LogP contribution in [-0.4, -0.2) is 31.3 Å². The molecule has 11 heteroatoms. The highest BCUT2D eigenvalue weighted by molar-refractivity contribution is 7.18. The normalized spacial score (nSPS) is 12.1. The number of nitrogens with two attached hydrogens (primary N) is 2. The summed E-state index contributed by atoms with van der Waals surface area (Å²) in [7, 11) is 0. The number of fused-ring (bicyclic) bond motifs is 2. The number of rotatable bonds is 6. The third-order valence-electron chi connectivity index (χ3n) is 4.94. The number of H-pyrrole nitrogens is 2. The molecule has 0 aliphatic carbocycles. The Balaban J connectivity index is 1.36. The summed E-state index contributed by atoms with van der Waals surface area (Å²) in [4.78, 5) is 15.6. The number of nitrogens with one attached hydrogen (secondary N) is 4. The molecule has 0 unspecified atom stereocenters. The van der Waals surface area contributed by atoms with Gasteiger partial charge in [-0.25, -0.2) is 0 Å². The number of amides is 1. The Bertz CT molecular complexity index is 1530. The maximum atomic E-state index is 12.5. The molecular weight excluding hydrogens is 438 g/mol. The van der Waals surface area contributed by atoms with Crippen LogP contribution in [-0.2, 0) is 0 Å². The van der Waals surface area contributed by atoms with E-state index < -0.39 is 0 Å². The van der Waals surface area contributed by atoms with Crippen LogP contribution in [0.4, 0.5) is 10.8 Å². The van der Waals surface area contributed by atoms with E-state index >= 15 is 0 Å². The maximum Gasteiger partial charge on any atom is 0.272 e. The fourth-order valence-electron chi connectivity index (χ4n) is 3.36. The average molecular weight is 458 g/mol. The van der Waals surface area contributed by atoms with Crippen molar-refractivity contribution in [3.63, 3.8) is 0 Å². The zero-order valence-electron chi connectivity index (χ0n) is 17.2. The van der Waals surface area contributed by atoms with E-state index in [1.807, 2.05) is 36.4 Å². The molecule has 0 fully saturated rings. The van der Waals surface area contributed by atoms with Gasteiger partial charge in [0.05, 0.1) is 17.4 Å². The molecule has 5 rings (SSSR count). The van der Waals surface area contributed by atoms with Crippen molar-refractivity contribution in [2.24, 2.45) is 11.5 Å². The van der Waals surface area contributed by atoms with E-state index in [-0.39, 0.29) is 5.91 Å². The van der Waals surface area contributed by atoms with Gasteiger partial charge in [0.2, 0.25) is 5.13 Å². The minimum Gasteiger partial charge on any atom is -0.405 e. The quantitative estimate of drug-likeness (QED) is 0.213. The van der Waals surface area contributed by atoms with E-state index in [2.05, 4.69) is 36.0 Å². The van der Waals surface area contributed by atoms with Crippen molar-refractivity contribution < 1.29 is 4.79 Å². The van der Waals surface area contributed by atoms with Crippen molar-refractivity contribution in [1.29, 1.82) is 0 Å². The molecule has 3 heterocycles. The van der Waals surface area contributed by atoms with Gasteiger partial charge in [-0.15, -0.1) is 10.2 Å². The van der Waals surface area contributed by atoms with E-state index in [0.29, 0.717) is 16.5 Å². The molecule has 0 bridgehead atoms. The highest BCUT2D eigenvalue weighted by Gasteiger charge is 2.13. The van der Waals surface area contributed by atoms with E-state index in [1.54, 1.807) is 12.3 Å². The first-order valence-corrected chi connectivity index (χ1v) is 10.7. The lowest BCUT2D eigenvalue weighted by Crippen LogP contribution is -2.23. The first-order valence-electron chi connectivity index (χ1n) is 9.91. The fraction of sp³-hybridized carbons (Fsp3) is 0. The Labute approximate surface area is 191 Å². The summed E-state index contributed by atoms with van der Waals surface area (Å²) in [5, 5.41) is 24.8. The number of aromatic nitrogens is 5.